The van der Waals surface area contributed by atoms with E-state index in [0.29, 0.717) is 17.4 Å². The van der Waals surface area contributed by atoms with Crippen molar-refractivity contribution in [3.05, 3.63) is 40.6 Å². The molecule has 2 heterocycles. The van der Waals surface area contributed by atoms with Gasteiger partial charge in [0.15, 0.2) is 0 Å². The molecule has 0 atom stereocenters. The maximum Gasteiger partial charge on any atom is 0.267 e. The van der Waals surface area contributed by atoms with Crippen LogP contribution in [0.5, 0.6) is 5.88 Å². The summed E-state index contributed by atoms with van der Waals surface area (Å²) in [4.78, 5) is 19.9. The molecule has 7 nitrogen and oxygen atoms in total. The lowest BCUT2D eigenvalue weighted by molar-refractivity contribution is 0.378. The lowest BCUT2D eigenvalue weighted by atomic mass is 10.4. The van der Waals surface area contributed by atoms with Gasteiger partial charge >= 0.3 is 0 Å². The molecule has 0 aliphatic rings. The van der Waals surface area contributed by atoms with Crippen LogP contribution in [0.1, 0.15) is 5.69 Å². The van der Waals surface area contributed by atoms with Crippen LogP contribution >= 0.6 is 0 Å². The number of methoxy groups -OCH3 is 1. The quantitative estimate of drug-likeness (QED) is 0.827. The van der Waals surface area contributed by atoms with Gasteiger partial charge in [-0.25, -0.2) is 9.67 Å². The van der Waals surface area contributed by atoms with E-state index in [9.17, 15) is 4.79 Å². The minimum Gasteiger partial charge on any atom is -0.480 e. The lowest BCUT2D eigenvalue weighted by Crippen LogP contribution is -2.23. The zero-order valence-corrected chi connectivity index (χ0v) is 10.1. The normalized spacial score (nSPS) is 10.1. The number of nitrogens with zero attached hydrogens (tertiary/aromatic N) is 4. The molecule has 2 aromatic rings. The number of aromatic nitrogens is 4. The van der Waals surface area contributed by atoms with Gasteiger partial charge in [-0.05, 0) is 0 Å². The number of hydrogen-bond donors (Lipinski definition) is 1. The average Bonchev–Trinajstić information content (AvgIpc) is 2.42. The van der Waals surface area contributed by atoms with Crippen molar-refractivity contribution in [3.8, 4) is 5.88 Å². The van der Waals surface area contributed by atoms with Gasteiger partial charge in [0.1, 0.15) is 5.82 Å². The molecule has 1 N–H and O–H groups in total. The van der Waals surface area contributed by atoms with Crippen LogP contribution in [0.2, 0.25) is 0 Å². The van der Waals surface area contributed by atoms with Gasteiger partial charge in [0.25, 0.3) is 5.56 Å². The highest BCUT2D eigenvalue weighted by Gasteiger charge is 2.03. The van der Waals surface area contributed by atoms with Crippen LogP contribution in [0.3, 0.4) is 0 Å². The number of rotatable bonds is 4. The summed E-state index contributed by atoms with van der Waals surface area (Å²) in [5, 5.41) is 6.90. The molecule has 94 valence electrons. The Bertz CT molecular complexity index is 579. The van der Waals surface area contributed by atoms with E-state index >= 15 is 0 Å². The Labute approximate surface area is 103 Å². The second kappa shape index (κ2) is 5.26. The van der Waals surface area contributed by atoms with Crippen LogP contribution in [0.25, 0.3) is 0 Å². The first-order chi connectivity index (χ1) is 8.72. The number of hydrogen-bond acceptors (Lipinski definition) is 6. The summed E-state index contributed by atoms with van der Waals surface area (Å²) in [5.41, 5.74) is 0.437. The number of nitrogens with one attached hydrogen (secondary N) is 1. The molecule has 2 rings (SSSR count). The van der Waals surface area contributed by atoms with Crippen LogP contribution in [-0.2, 0) is 6.54 Å². The van der Waals surface area contributed by atoms with Crippen LogP contribution in [0.15, 0.2) is 29.3 Å². The molecule has 0 aliphatic heterocycles. The van der Waals surface area contributed by atoms with Crippen molar-refractivity contribution in [3.63, 3.8) is 0 Å². The smallest absolute Gasteiger partial charge is 0.267 e. The molecule has 0 aromatic carbocycles. The fraction of sp³-hybridized carbons (Fsp3) is 0.273. The third-order valence-electron chi connectivity index (χ3n) is 2.32. The molecule has 0 fully saturated rings. The van der Waals surface area contributed by atoms with Gasteiger partial charge in [0, 0.05) is 19.2 Å². The first-order valence-electron chi connectivity index (χ1n) is 5.34. The zero-order valence-electron chi connectivity index (χ0n) is 10.1. The molecule has 0 bridgehead atoms. The molecule has 0 unspecified atom stereocenters. The maximum absolute atomic E-state index is 11.6. The largest absolute Gasteiger partial charge is 0.480 e. The van der Waals surface area contributed by atoms with Crippen molar-refractivity contribution in [2.45, 2.75) is 6.54 Å². The molecule has 0 saturated heterocycles. The molecule has 0 spiro atoms. The van der Waals surface area contributed by atoms with Crippen molar-refractivity contribution in [2.75, 3.05) is 19.5 Å². The molecule has 0 saturated carbocycles. The van der Waals surface area contributed by atoms with E-state index < -0.39 is 0 Å². The van der Waals surface area contributed by atoms with E-state index in [1.807, 2.05) is 0 Å². The van der Waals surface area contributed by atoms with Gasteiger partial charge in [-0.1, -0.05) is 0 Å². The first-order valence-corrected chi connectivity index (χ1v) is 5.34. The average molecular weight is 247 g/mol. The maximum atomic E-state index is 11.6. The predicted octanol–water partition coefficient (Wildman–Crippen LogP) is 0.132. The van der Waals surface area contributed by atoms with Crippen LogP contribution in [0.4, 0.5) is 5.82 Å². The van der Waals surface area contributed by atoms with Gasteiger partial charge in [0.05, 0.1) is 31.7 Å². The molecular formula is C11H13N5O2. The van der Waals surface area contributed by atoms with Crippen molar-refractivity contribution in [1.82, 2.24) is 19.7 Å². The van der Waals surface area contributed by atoms with Gasteiger partial charge in [-0.15, -0.1) is 5.10 Å². The van der Waals surface area contributed by atoms with E-state index in [4.69, 9.17) is 4.74 Å². The Morgan fingerprint density at radius 1 is 1.33 bits per heavy atom. The Morgan fingerprint density at radius 3 is 2.78 bits per heavy atom. The van der Waals surface area contributed by atoms with Crippen LogP contribution in [0, 0.1) is 0 Å². The molecule has 7 heteroatoms. The Hall–Kier alpha value is -2.44. The second-order valence-corrected chi connectivity index (χ2v) is 3.51. The Morgan fingerprint density at radius 2 is 2.17 bits per heavy atom. The van der Waals surface area contributed by atoms with Crippen molar-refractivity contribution < 1.29 is 4.74 Å². The van der Waals surface area contributed by atoms with Gasteiger partial charge < -0.3 is 10.1 Å². The molecule has 18 heavy (non-hydrogen) atoms. The highest BCUT2D eigenvalue weighted by molar-refractivity contribution is 5.29. The summed E-state index contributed by atoms with van der Waals surface area (Å²) in [5.74, 6) is 1.05. The van der Waals surface area contributed by atoms with Gasteiger partial charge in [-0.2, -0.15) is 0 Å². The highest BCUT2D eigenvalue weighted by atomic mass is 16.5. The lowest BCUT2D eigenvalue weighted by Gasteiger charge is -2.06. The van der Waals surface area contributed by atoms with E-state index in [2.05, 4.69) is 20.4 Å². The summed E-state index contributed by atoms with van der Waals surface area (Å²) in [6, 6.07) is 2.93. The van der Waals surface area contributed by atoms with Crippen LogP contribution < -0.4 is 15.6 Å². The molecular weight excluding hydrogens is 234 g/mol. The third kappa shape index (κ3) is 2.62. The fourth-order valence-electron chi connectivity index (χ4n) is 1.37. The fourth-order valence-corrected chi connectivity index (χ4v) is 1.37. The van der Waals surface area contributed by atoms with E-state index in [1.54, 1.807) is 19.4 Å². The van der Waals surface area contributed by atoms with E-state index in [-0.39, 0.29) is 12.1 Å². The predicted molar refractivity (Wildman–Crippen MR) is 65.7 cm³/mol. The van der Waals surface area contributed by atoms with Crippen molar-refractivity contribution in [2.24, 2.45) is 0 Å². The second-order valence-electron chi connectivity index (χ2n) is 3.51. The van der Waals surface area contributed by atoms with E-state index in [0.717, 1.165) is 0 Å². The topological polar surface area (TPSA) is 81.9 Å². The first kappa shape index (κ1) is 12.0. The standard InChI is InChI=1S/C11H13N5O2/c1-12-9-6-13-8(5-14-9)7-16-11(17)4-3-10(15-16)18-2/h3-6H,7H2,1-2H3,(H,12,14). The number of anilines is 1. The summed E-state index contributed by atoms with van der Waals surface area (Å²) < 4.78 is 6.25. The molecule has 0 amide bonds. The monoisotopic (exact) mass is 247 g/mol. The molecule has 0 aliphatic carbocycles. The summed E-state index contributed by atoms with van der Waals surface area (Å²) >= 11 is 0. The van der Waals surface area contributed by atoms with Crippen molar-refractivity contribution >= 4 is 5.82 Å². The molecule has 2 aromatic heterocycles. The minimum absolute atomic E-state index is 0.213. The summed E-state index contributed by atoms with van der Waals surface area (Å²) in [6.45, 7) is 0.257. The van der Waals surface area contributed by atoms with Crippen LogP contribution in [-0.4, -0.2) is 33.9 Å². The summed E-state index contributed by atoms with van der Waals surface area (Å²) in [6.07, 6.45) is 3.19. The van der Waals surface area contributed by atoms with Gasteiger partial charge in [0.2, 0.25) is 5.88 Å². The Balaban J connectivity index is 2.24. The third-order valence-corrected chi connectivity index (χ3v) is 2.32. The highest BCUT2D eigenvalue weighted by Crippen LogP contribution is 2.03. The summed E-state index contributed by atoms with van der Waals surface area (Å²) in [7, 11) is 3.26. The number of ether oxygens (including phenoxy) is 1. The van der Waals surface area contributed by atoms with Gasteiger partial charge in [-0.3, -0.25) is 9.78 Å². The van der Waals surface area contributed by atoms with Crippen molar-refractivity contribution in [1.29, 1.82) is 0 Å². The molecule has 0 radical (unpaired) electrons. The minimum atomic E-state index is -0.213. The zero-order chi connectivity index (χ0) is 13.0. The Kier molecular flexibility index (Phi) is 3.52. The SMILES string of the molecule is CNc1cnc(Cn2nc(OC)ccc2=O)cn1. The van der Waals surface area contributed by atoms with E-state index in [1.165, 1.54) is 23.9 Å².